The number of hydrogen-bond acceptors (Lipinski definition) is 3. The predicted molar refractivity (Wildman–Crippen MR) is 73.9 cm³/mol. The van der Waals surface area contributed by atoms with Crippen molar-refractivity contribution < 1.29 is 4.92 Å². The Morgan fingerprint density at radius 3 is 2.67 bits per heavy atom. The zero-order valence-electron chi connectivity index (χ0n) is 11.4. The summed E-state index contributed by atoms with van der Waals surface area (Å²) in [5.41, 5.74) is 2.14. The standard InChI is InChI=1S/C14H22N2O2/c1-4-6-13(15-5-2)10-12-9-11(3)7-8-14(12)16(17)18/h7-9,13,15H,4-6,10H2,1-3H3. The van der Waals surface area contributed by atoms with Gasteiger partial charge in [-0.2, -0.15) is 0 Å². The van der Waals surface area contributed by atoms with Crippen molar-refractivity contribution >= 4 is 5.69 Å². The molecule has 4 heteroatoms. The third-order valence-corrected chi connectivity index (χ3v) is 3.03. The molecule has 0 bridgehead atoms. The average molecular weight is 250 g/mol. The first-order valence-corrected chi connectivity index (χ1v) is 6.55. The lowest BCUT2D eigenvalue weighted by atomic mass is 9.99. The fraction of sp³-hybridized carbons (Fsp3) is 0.571. The molecule has 0 fully saturated rings. The number of benzene rings is 1. The van der Waals surface area contributed by atoms with Crippen molar-refractivity contribution in [2.75, 3.05) is 6.54 Å². The number of hydrogen-bond donors (Lipinski definition) is 1. The molecule has 1 unspecified atom stereocenters. The summed E-state index contributed by atoms with van der Waals surface area (Å²) in [6, 6.07) is 5.65. The first-order chi connectivity index (χ1) is 8.58. The van der Waals surface area contributed by atoms with Crippen molar-refractivity contribution in [1.29, 1.82) is 0 Å². The van der Waals surface area contributed by atoms with E-state index in [1.54, 1.807) is 12.1 Å². The Labute approximate surface area is 109 Å². The molecule has 1 rings (SSSR count). The van der Waals surface area contributed by atoms with Gasteiger partial charge in [0.25, 0.3) is 5.69 Å². The fourth-order valence-corrected chi connectivity index (χ4v) is 2.23. The van der Waals surface area contributed by atoms with Gasteiger partial charge in [0.2, 0.25) is 0 Å². The highest BCUT2D eigenvalue weighted by atomic mass is 16.6. The average Bonchev–Trinajstić information content (AvgIpc) is 2.29. The molecule has 4 nitrogen and oxygen atoms in total. The Balaban J connectivity index is 2.92. The van der Waals surface area contributed by atoms with Crippen molar-refractivity contribution in [1.82, 2.24) is 5.32 Å². The summed E-state index contributed by atoms with van der Waals surface area (Å²) in [5.74, 6) is 0. The van der Waals surface area contributed by atoms with Crippen molar-refractivity contribution in [3.8, 4) is 0 Å². The van der Waals surface area contributed by atoms with Gasteiger partial charge in [-0.1, -0.05) is 31.9 Å². The molecule has 1 aromatic carbocycles. The molecule has 0 radical (unpaired) electrons. The molecular formula is C14H22N2O2. The maximum Gasteiger partial charge on any atom is 0.272 e. The minimum atomic E-state index is -0.288. The van der Waals surface area contributed by atoms with Gasteiger partial charge in [0.15, 0.2) is 0 Å². The van der Waals surface area contributed by atoms with Gasteiger partial charge < -0.3 is 5.32 Å². The van der Waals surface area contributed by atoms with Crippen LogP contribution in [0, 0.1) is 17.0 Å². The number of likely N-dealkylation sites (N-methyl/N-ethyl adjacent to an activating group) is 1. The number of nitro groups is 1. The molecule has 0 aromatic heterocycles. The van der Waals surface area contributed by atoms with Gasteiger partial charge in [0, 0.05) is 17.7 Å². The molecule has 0 spiro atoms. The van der Waals surface area contributed by atoms with E-state index in [-0.39, 0.29) is 10.6 Å². The second-order valence-electron chi connectivity index (χ2n) is 4.64. The summed E-state index contributed by atoms with van der Waals surface area (Å²) in [6.45, 7) is 7.06. The second kappa shape index (κ2) is 7.11. The van der Waals surface area contributed by atoms with E-state index in [0.29, 0.717) is 6.04 Å². The maximum atomic E-state index is 11.0. The van der Waals surface area contributed by atoms with E-state index in [1.807, 2.05) is 13.0 Å². The Hall–Kier alpha value is -1.42. The SMILES string of the molecule is CCCC(Cc1cc(C)ccc1[N+](=O)[O-])NCC. The molecule has 0 heterocycles. The van der Waals surface area contributed by atoms with E-state index >= 15 is 0 Å². The van der Waals surface area contributed by atoms with Gasteiger partial charge in [-0.25, -0.2) is 0 Å². The number of rotatable bonds is 7. The zero-order chi connectivity index (χ0) is 13.5. The van der Waals surface area contributed by atoms with Crippen LogP contribution in [-0.4, -0.2) is 17.5 Å². The summed E-state index contributed by atoms with van der Waals surface area (Å²) < 4.78 is 0. The van der Waals surface area contributed by atoms with Crippen molar-refractivity contribution in [2.24, 2.45) is 0 Å². The lowest BCUT2D eigenvalue weighted by molar-refractivity contribution is -0.385. The lowest BCUT2D eigenvalue weighted by Crippen LogP contribution is -2.31. The summed E-state index contributed by atoms with van der Waals surface area (Å²) in [7, 11) is 0. The van der Waals surface area contributed by atoms with Crippen molar-refractivity contribution in [2.45, 2.75) is 46.1 Å². The van der Waals surface area contributed by atoms with Crippen LogP contribution in [-0.2, 0) is 6.42 Å². The minimum Gasteiger partial charge on any atom is -0.314 e. The molecule has 1 atom stereocenters. The predicted octanol–water partition coefficient (Wildman–Crippen LogP) is 3.22. The number of aryl methyl sites for hydroxylation is 1. The molecule has 0 saturated carbocycles. The molecule has 1 N–H and O–H groups in total. The minimum absolute atomic E-state index is 0.236. The molecule has 0 aliphatic rings. The number of nitro benzene ring substituents is 1. The van der Waals surface area contributed by atoms with E-state index in [4.69, 9.17) is 0 Å². The van der Waals surface area contributed by atoms with Gasteiger partial charge in [-0.15, -0.1) is 0 Å². The molecular weight excluding hydrogens is 228 g/mol. The highest BCUT2D eigenvalue weighted by molar-refractivity contribution is 5.43. The highest BCUT2D eigenvalue weighted by Crippen LogP contribution is 2.22. The summed E-state index contributed by atoms with van der Waals surface area (Å²) in [6.07, 6.45) is 2.84. The van der Waals surface area contributed by atoms with E-state index in [9.17, 15) is 10.1 Å². The normalized spacial score (nSPS) is 12.4. The quantitative estimate of drug-likeness (QED) is 0.597. The molecule has 0 aliphatic carbocycles. The summed E-state index contributed by atoms with van der Waals surface area (Å²) in [5, 5.41) is 14.4. The lowest BCUT2D eigenvalue weighted by Gasteiger charge is -2.17. The van der Waals surface area contributed by atoms with Crippen LogP contribution in [0.15, 0.2) is 18.2 Å². The van der Waals surface area contributed by atoms with Gasteiger partial charge in [0.05, 0.1) is 4.92 Å². The van der Waals surface area contributed by atoms with Crippen LogP contribution < -0.4 is 5.32 Å². The van der Waals surface area contributed by atoms with E-state index in [0.717, 1.165) is 36.9 Å². The molecule has 0 aliphatic heterocycles. The molecule has 100 valence electrons. The number of nitrogens with zero attached hydrogens (tertiary/aromatic N) is 1. The fourth-order valence-electron chi connectivity index (χ4n) is 2.23. The van der Waals surface area contributed by atoms with Gasteiger partial charge in [-0.05, 0) is 32.4 Å². The van der Waals surface area contributed by atoms with Crippen LogP contribution >= 0.6 is 0 Å². The summed E-state index contributed by atoms with van der Waals surface area (Å²) in [4.78, 5) is 10.7. The first-order valence-electron chi connectivity index (χ1n) is 6.55. The van der Waals surface area contributed by atoms with Gasteiger partial charge >= 0.3 is 0 Å². The molecule has 1 aromatic rings. The van der Waals surface area contributed by atoms with Crippen LogP contribution in [0.5, 0.6) is 0 Å². The Morgan fingerprint density at radius 1 is 1.39 bits per heavy atom. The third kappa shape index (κ3) is 4.11. The maximum absolute atomic E-state index is 11.0. The van der Waals surface area contributed by atoms with Gasteiger partial charge in [0.1, 0.15) is 0 Å². The third-order valence-electron chi connectivity index (χ3n) is 3.03. The second-order valence-corrected chi connectivity index (χ2v) is 4.64. The first kappa shape index (κ1) is 14.6. The van der Waals surface area contributed by atoms with Crippen molar-refractivity contribution in [3.63, 3.8) is 0 Å². The Kier molecular flexibility index (Phi) is 5.78. The van der Waals surface area contributed by atoms with E-state index in [2.05, 4.69) is 19.2 Å². The Morgan fingerprint density at radius 2 is 2.11 bits per heavy atom. The van der Waals surface area contributed by atoms with E-state index < -0.39 is 0 Å². The summed E-state index contributed by atoms with van der Waals surface area (Å²) >= 11 is 0. The van der Waals surface area contributed by atoms with Crippen molar-refractivity contribution in [3.05, 3.63) is 39.4 Å². The molecule has 0 amide bonds. The van der Waals surface area contributed by atoms with Crippen LogP contribution in [0.25, 0.3) is 0 Å². The van der Waals surface area contributed by atoms with Crippen LogP contribution in [0.1, 0.15) is 37.8 Å². The largest absolute Gasteiger partial charge is 0.314 e. The monoisotopic (exact) mass is 250 g/mol. The molecule has 18 heavy (non-hydrogen) atoms. The highest BCUT2D eigenvalue weighted by Gasteiger charge is 2.17. The van der Waals surface area contributed by atoms with Crippen LogP contribution in [0.4, 0.5) is 5.69 Å². The van der Waals surface area contributed by atoms with Crippen LogP contribution in [0.2, 0.25) is 0 Å². The van der Waals surface area contributed by atoms with E-state index in [1.165, 1.54) is 0 Å². The number of nitrogens with one attached hydrogen (secondary N) is 1. The van der Waals surface area contributed by atoms with Crippen LogP contribution in [0.3, 0.4) is 0 Å². The Bertz CT molecular complexity index is 399. The molecule has 0 saturated heterocycles. The van der Waals surface area contributed by atoms with Gasteiger partial charge in [-0.3, -0.25) is 10.1 Å². The smallest absolute Gasteiger partial charge is 0.272 e. The zero-order valence-corrected chi connectivity index (χ0v) is 11.4. The topological polar surface area (TPSA) is 55.2 Å².